The smallest absolute Gasteiger partial charge is 0.274 e. The molecule has 0 bridgehead atoms. The number of nitrogens with zero attached hydrogens (tertiary/aromatic N) is 5. The second kappa shape index (κ2) is 9.73. The first kappa shape index (κ1) is 21.8. The van der Waals surface area contributed by atoms with E-state index in [1.165, 1.54) is 0 Å². The van der Waals surface area contributed by atoms with Crippen LogP contribution in [0.5, 0.6) is 5.75 Å². The van der Waals surface area contributed by atoms with E-state index in [0.717, 1.165) is 48.8 Å². The molecular weight excluding hydrogens is 406 g/mol. The fraction of sp³-hybridized carbons (Fsp3) is 0.400. The van der Waals surface area contributed by atoms with Crippen LogP contribution in [0.4, 0.5) is 0 Å². The number of aromatic nitrogens is 5. The van der Waals surface area contributed by atoms with Gasteiger partial charge in [0.1, 0.15) is 5.75 Å². The Bertz CT molecular complexity index is 977. The number of hydrogen-bond acceptors (Lipinski definition) is 6. The van der Waals surface area contributed by atoms with Gasteiger partial charge in [-0.3, -0.25) is 4.79 Å². The van der Waals surface area contributed by atoms with Crippen LogP contribution >= 0.6 is 12.4 Å². The number of halogens is 1. The molecule has 0 radical (unpaired) electrons. The van der Waals surface area contributed by atoms with Crippen molar-refractivity contribution in [2.24, 2.45) is 0 Å². The molecule has 4 rings (SSSR count). The van der Waals surface area contributed by atoms with Gasteiger partial charge in [0, 0.05) is 6.20 Å². The van der Waals surface area contributed by atoms with Gasteiger partial charge in [-0.25, -0.2) is 9.36 Å². The summed E-state index contributed by atoms with van der Waals surface area (Å²) in [7, 11) is 1.64. The summed E-state index contributed by atoms with van der Waals surface area (Å²) in [5.74, 6) is 0.558. The third-order valence-corrected chi connectivity index (χ3v) is 5.21. The molecule has 30 heavy (non-hydrogen) atoms. The van der Waals surface area contributed by atoms with Gasteiger partial charge in [-0.05, 0) is 63.2 Å². The molecule has 10 heteroatoms. The summed E-state index contributed by atoms with van der Waals surface area (Å²) in [6.45, 7) is 4.14. The molecule has 0 spiro atoms. The monoisotopic (exact) mass is 431 g/mol. The lowest BCUT2D eigenvalue weighted by atomic mass is 10.1. The molecule has 0 aliphatic carbocycles. The predicted octanol–water partition coefficient (Wildman–Crippen LogP) is 2.06. The van der Waals surface area contributed by atoms with Crippen LogP contribution in [0.25, 0.3) is 5.69 Å². The third kappa shape index (κ3) is 4.63. The number of piperidine rings is 1. The zero-order chi connectivity index (χ0) is 20.2. The quantitative estimate of drug-likeness (QED) is 0.619. The van der Waals surface area contributed by atoms with Crippen LogP contribution in [0, 0.1) is 6.92 Å². The molecule has 2 aromatic heterocycles. The van der Waals surface area contributed by atoms with Crippen LogP contribution in [0.15, 0.2) is 36.5 Å². The maximum absolute atomic E-state index is 12.6. The van der Waals surface area contributed by atoms with Crippen LogP contribution in [-0.4, -0.2) is 50.9 Å². The highest BCUT2D eigenvalue weighted by atomic mass is 35.5. The lowest BCUT2D eigenvalue weighted by Crippen LogP contribution is -2.30. The Labute approximate surface area is 181 Å². The molecule has 0 unspecified atom stereocenters. The van der Waals surface area contributed by atoms with Crippen LogP contribution in [0.3, 0.4) is 0 Å². The minimum absolute atomic E-state index is 0. The minimum atomic E-state index is -0.235. The van der Waals surface area contributed by atoms with E-state index >= 15 is 0 Å². The molecule has 1 amide bonds. The lowest BCUT2D eigenvalue weighted by Gasteiger charge is -2.23. The van der Waals surface area contributed by atoms with Gasteiger partial charge in [0.15, 0.2) is 5.69 Å². The van der Waals surface area contributed by atoms with E-state index in [4.69, 9.17) is 4.74 Å². The molecule has 0 atom stereocenters. The molecule has 9 nitrogen and oxygen atoms in total. The number of benzene rings is 1. The van der Waals surface area contributed by atoms with E-state index in [0.29, 0.717) is 18.3 Å². The van der Waals surface area contributed by atoms with E-state index in [1.54, 1.807) is 11.8 Å². The minimum Gasteiger partial charge on any atom is -0.497 e. The standard InChI is InChI=1S/C20H25N7O2.ClH/c1-14-19(23-25-27(14)17-7-10-21-11-8-17)20(28)22-13-15-9-12-26(24-15)16-3-5-18(29-2)6-4-16;/h3-6,9,12,17,21H,7-8,10-11,13H2,1-2H3,(H,22,28);1H. The Morgan fingerprint density at radius 3 is 2.67 bits per heavy atom. The van der Waals surface area contributed by atoms with Gasteiger partial charge in [0.05, 0.1) is 36.8 Å². The second-order valence-electron chi connectivity index (χ2n) is 7.08. The molecule has 3 aromatic rings. The maximum Gasteiger partial charge on any atom is 0.274 e. The zero-order valence-corrected chi connectivity index (χ0v) is 17.9. The van der Waals surface area contributed by atoms with E-state index in [1.807, 2.05) is 48.1 Å². The van der Waals surface area contributed by atoms with Crippen molar-refractivity contribution >= 4 is 18.3 Å². The average Bonchev–Trinajstić information content (AvgIpc) is 3.39. The molecule has 1 aliphatic heterocycles. The van der Waals surface area contributed by atoms with Crippen molar-refractivity contribution in [2.45, 2.75) is 32.4 Å². The van der Waals surface area contributed by atoms with Gasteiger partial charge in [0.25, 0.3) is 5.91 Å². The molecule has 2 N–H and O–H groups in total. The zero-order valence-electron chi connectivity index (χ0n) is 17.0. The molecule has 1 aliphatic rings. The van der Waals surface area contributed by atoms with Crippen LogP contribution < -0.4 is 15.4 Å². The summed E-state index contributed by atoms with van der Waals surface area (Å²) in [5.41, 5.74) is 2.86. The van der Waals surface area contributed by atoms with Crippen LogP contribution in [0.1, 0.15) is 40.8 Å². The summed E-state index contributed by atoms with van der Waals surface area (Å²) in [6.07, 6.45) is 3.85. The molecule has 0 saturated carbocycles. The number of ether oxygens (including phenoxy) is 1. The first-order valence-corrected chi connectivity index (χ1v) is 9.75. The fourth-order valence-corrected chi connectivity index (χ4v) is 3.54. The van der Waals surface area contributed by atoms with Gasteiger partial charge in [-0.2, -0.15) is 5.10 Å². The summed E-state index contributed by atoms with van der Waals surface area (Å²) in [6, 6.07) is 9.79. The average molecular weight is 432 g/mol. The third-order valence-electron chi connectivity index (χ3n) is 5.21. The maximum atomic E-state index is 12.6. The Morgan fingerprint density at radius 2 is 1.97 bits per heavy atom. The Kier molecular flexibility index (Phi) is 7.07. The van der Waals surface area contributed by atoms with Crippen LogP contribution in [0.2, 0.25) is 0 Å². The normalized spacial score (nSPS) is 14.2. The van der Waals surface area contributed by atoms with Crippen molar-refractivity contribution in [2.75, 3.05) is 20.2 Å². The number of rotatable bonds is 6. The van der Waals surface area contributed by atoms with Gasteiger partial charge >= 0.3 is 0 Å². The van der Waals surface area contributed by atoms with Crippen LogP contribution in [-0.2, 0) is 6.54 Å². The number of methoxy groups -OCH3 is 1. The van der Waals surface area contributed by atoms with Crippen molar-refractivity contribution in [3.8, 4) is 11.4 Å². The van der Waals surface area contributed by atoms with Gasteiger partial charge in [0.2, 0.25) is 0 Å². The predicted molar refractivity (Wildman–Crippen MR) is 114 cm³/mol. The number of carbonyl (C=O) groups excluding carboxylic acids is 1. The van der Waals surface area contributed by atoms with Crippen molar-refractivity contribution in [3.05, 3.63) is 53.6 Å². The molecule has 1 aromatic carbocycles. The topological polar surface area (TPSA) is 98.9 Å². The first-order valence-electron chi connectivity index (χ1n) is 9.75. The summed E-state index contributed by atoms with van der Waals surface area (Å²) < 4.78 is 8.82. The van der Waals surface area contributed by atoms with Gasteiger partial charge < -0.3 is 15.4 Å². The number of amides is 1. The van der Waals surface area contributed by atoms with E-state index in [-0.39, 0.29) is 18.3 Å². The van der Waals surface area contributed by atoms with Crippen molar-refractivity contribution in [1.29, 1.82) is 0 Å². The Morgan fingerprint density at radius 1 is 1.23 bits per heavy atom. The van der Waals surface area contributed by atoms with Gasteiger partial charge in [-0.15, -0.1) is 17.5 Å². The highest BCUT2D eigenvalue weighted by Crippen LogP contribution is 2.20. The van der Waals surface area contributed by atoms with E-state index < -0.39 is 0 Å². The number of nitrogens with one attached hydrogen (secondary N) is 2. The number of hydrogen-bond donors (Lipinski definition) is 2. The van der Waals surface area contributed by atoms with E-state index in [9.17, 15) is 4.79 Å². The highest BCUT2D eigenvalue weighted by molar-refractivity contribution is 5.93. The molecule has 3 heterocycles. The number of carbonyl (C=O) groups is 1. The summed E-state index contributed by atoms with van der Waals surface area (Å²) in [4.78, 5) is 12.6. The summed E-state index contributed by atoms with van der Waals surface area (Å²) in [5, 5.41) is 19.1. The largest absolute Gasteiger partial charge is 0.497 e. The van der Waals surface area contributed by atoms with Crippen molar-refractivity contribution < 1.29 is 9.53 Å². The van der Waals surface area contributed by atoms with E-state index in [2.05, 4.69) is 26.0 Å². The molecule has 1 saturated heterocycles. The fourth-order valence-electron chi connectivity index (χ4n) is 3.54. The second-order valence-corrected chi connectivity index (χ2v) is 7.08. The Balaban J connectivity index is 0.00000256. The first-order chi connectivity index (χ1) is 14.2. The summed E-state index contributed by atoms with van der Waals surface area (Å²) >= 11 is 0. The Hall–Kier alpha value is -2.91. The highest BCUT2D eigenvalue weighted by Gasteiger charge is 2.22. The van der Waals surface area contributed by atoms with Crippen molar-refractivity contribution in [1.82, 2.24) is 35.4 Å². The lowest BCUT2D eigenvalue weighted by molar-refractivity contribution is 0.0944. The molecule has 160 valence electrons. The van der Waals surface area contributed by atoms with Gasteiger partial charge in [-0.1, -0.05) is 5.21 Å². The SMILES string of the molecule is COc1ccc(-n2ccc(CNC(=O)c3nnn(C4CCNCC4)c3C)n2)cc1.Cl. The van der Waals surface area contributed by atoms with Crippen molar-refractivity contribution in [3.63, 3.8) is 0 Å². The molecular formula is C20H26ClN7O2. The molecule has 1 fully saturated rings.